The van der Waals surface area contributed by atoms with Crippen LogP contribution in [0.3, 0.4) is 0 Å². The Bertz CT molecular complexity index is 819. The van der Waals surface area contributed by atoms with Crippen molar-refractivity contribution in [2.45, 2.75) is 33.1 Å². The summed E-state index contributed by atoms with van der Waals surface area (Å²) in [5, 5.41) is 5.47. The van der Waals surface area contributed by atoms with E-state index in [1.165, 1.54) is 11.3 Å². The molecule has 0 saturated carbocycles. The van der Waals surface area contributed by atoms with Crippen LogP contribution in [0.15, 0.2) is 29.9 Å². The van der Waals surface area contributed by atoms with Gasteiger partial charge in [-0.15, -0.1) is 11.3 Å². The van der Waals surface area contributed by atoms with E-state index in [1.54, 1.807) is 0 Å². The molecule has 114 valence electrons. The SMILES string of the molecule is Cc1ccn2cc(CC(=O)Nc3nc(C(C)C)cs3)nc2c1. The van der Waals surface area contributed by atoms with Crippen LogP contribution in [0.4, 0.5) is 5.13 Å². The summed E-state index contributed by atoms with van der Waals surface area (Å²) in [5.74, 6) is 0.272. The van der Waals surface area contributed by atoms with Gasteiger partial charge in [0.1, 0.15) is 5.65 Å². The molecule has 1 N–H and O–H groups in total. The van der Waals surface area contributed by atoms with Crippen LogP contribution in [0.1, 0.15) is 36.7 Å². The third-order valence-electron chi connectivity index (χ3n) is 3.37. The average Bonchev–Trinajstić information content (AvgIpc) is 3.04. The smallest absolute Gasteiger partial charge is 0.232 e. The number of carbonyl (C=O) groups is 1. The summed E-state index contributed by atoms with van der Waals surface area (Å²) in [7, 11) is 0. The number of imidazole rings is 1. The van der Waals surface area contributed by atoms with Crippen molar-refractivity contribution in [2.24, 2.45) is 0 Å². The minimum atomic E-state index is -0.0928. The van der Waals surface area contributed by atoms with E-state index in [9.17, 15) is 4.79 Å². The quantitative estimate of drug-likeness (QED) is 0.803. The number of hydrogen-bond donors (Lipinski definition) is 1. The zero-order chi connectivity index (χ0) is 15.7. The van der Waals surface area contributed by atoms with E-state index in [0.29, 0.717) is 11.0 Å². The first-order chi connectivity index (χ1) is 10.5. The molecule has 0 bridgehead atoms. The van der Waals surface area contributed by atoms with Gasteiger partial charge in [0, 0.05) is 17.8 Å². The lowest BCUT2D eigenvalue weighted by Crippen LogP contribution is -2.14. The summed E-state index contributed by atoms with van der Waals surface area (Å²) in [6.07, 6.45) is 4.09. The number of fused-ring (bicyclic) bond motifs is 1. The van der Waals surface area contributed by atoms with Crippen molar-refractivity contribution in [2.75, 3.05) is 5.32 Å². The van der Waals surface area contributed by atoms with E-state index in [1.807, 2.05) is 41.2 Å². The number of nitrogens with zero attached hydrogens (tertiary/aromatic N) is 3. The summed E-state index contributed by atoms with van der Waals surface area (Å²) in [6, 6.07) is 4.01. The Kier molecular flexibility index (Phi) is 3.94. The first-order valence-corrected chi connectivity index (χ1v) is 8.09. The maximum atomic E-state index is 12.1. The average molecular weight is 314 g/mol. The second kappa shape index (κ2) is 5.88. The fourth-order valence-corrected chi connectivity index (χ4v) is 3.05. The lowest BCUT2D eigenvalue weighted by molar-refractivity contribution is -0.115. The molecule has 0 radical (unpaired) electrons. The fourth-order valence-electron chi connectivity index (χ4n) is 2.16. The fraction of sp³-hybridized carbons (Fsp3) is 0.312. The van der Waals surface area contributed by atoms with Gasteiger partial charge in [-0.05, 0) is 30.5 Å². The van der Waals surface area contributed by atoms with E-state index >= 15 is 0 Å². The third-order valence-corrected chi connectivity index (χ3v) is 4.14. The van der Waals surface area contributed by atoms with E-state index in [2.05, 4.69) is 29.1 Å². The molecule has 22 heavy (non-hydrogen) atoms. The second-order valence-corrected chi connectivity index (χ2v) is 6.52. The lowest BCUT2D eigenvalue weighted by atomic mass is 10.2. The monoisotopic (exact) mass is 314 g/mol. The summed E-state index contributed by atoms with van der Waals surface area (Å²) in [4.78, 5) is 21.0. The Morgan fingerprint density at radius 2 is 2.23 bits per heavy atom. The van der Waals surface area contributed by atoms with Crippen LogP contribution in [0, 0.1) is 6.92 Å². The normalized spacial score (nSPS) is 11.3. The predicted octanol–water partition coefficient (Wildman–Crippen LogP) is 3.40. The molecular weight excluding hydrogens is 296 g/mol. The van der Waals surface area contributed by atoms with Gasteiger partial charge in [-0.3, -0.25) is 4.79 Å². The van der Waals surface area contributed by atoms with Crippen LogP contribution in [0.25, 0.3) is 5.65 Å². The summed E-state index contributed by atoms with van der Waals surface area (Å²) < 4.78 is 1.93. The standard InChI is InChI=1S/C16H18N4OS/c1-10(2)13-9-22-16(18-13)19-15(21)7-12-8-20-5-4-11(3)6-14(20)17-12/h4-6,8-10H,7H2,1-3H3,(H,18,19,21). The molecule has 0 aliphatic heterocycles. The Morgan fingerprint density at radius 1 is 1.41 bits per heavy atom. The van der Waals surface area contributed by atoms with Crippen LogP contribution in [-0.4, -0.2) is 20.3 Å². The number of rotatable bonds is 4. The maximum Gasteiger partial charge on any atom is 0.232 e. The zero-order valence-corrected chi connectivity index (χ0v) is 13.6. The van der Waals surface area contributed by atoms with E-state index < -0.39 is 0 Å². The first-order valence-electron chi connectivity index (χ1n) is 7.21. The van der Waals surface area contributed by atoms with Crippen molar-refractivity contribution >= 4 is 28.0 Å². The van der Waals surface area contributed by atoms with Crippen LogP contribution in [0.2, 0.25) is 0 Å². The van der Waals surface area contributed by atoms with Crippen molar-refractivity contribution in [3.8, 4) is 0 Å². The molecule has 0 aromatic carbocycles. The van der Waals surface area contributed by atoms with E-state index in [0.717, 1.165) is 22.6 Å². The molecule has 3 heterocycles. The minimum Gasteiger partial charge on any atom is -0.307 e. The Balaban J connectivity index is 1.69. The molecule has 6 heteroatoms. The van der Waals surface area contributed by atoms with Gasteiger partial charge in [-0.2, -0.15) is 0 Å². The topological polar surface area (TPSA) is 59.3 Å². The van der Waals surface area contributed by atoms with Crippen LogP contribution < -0.4 is 5.32 Å². The minimum absolute atomic E-state index is 0.0928. The molecule has 0 aliphatic carbocycles. The second-order valence-electron chi connectivity index (χ2n) is 5.66. The van der Waals surface area contributed by atoms with Gasteiger partial charge in [-0.1, -0.05) is 13.8 Å². The van der Waals surface area contributed by atoms with Gasteiger partial charge >= 0.3 is 0 Å². The van der Waals surface area contributed by atoms with Crippen molar-refractivity contribution < 1.29 is 4.79 Å². The molecular formula is C16H18N4OS. The highest BCUT2D eigenvalue weighted by atomic mass is 32.1. The first kappa shape index (κ1) is 14.7. The third kappa shape index (κ3) is 3.17. The molecule has 1 amide bonds. The number of thiazole rings is 1. The highest BCUT2D eigenvalue weighted by molar-refractivity contribution is 7.13. The molecule has 0 saturated heterocycles. The molecule has 0 atom stereocenters. The molecule has 0 aliphatic rings. The van der Waals surface area contributed by atoms with Gasteiger partial charge in [0.25, 0.3) is 0 Å². The summed E-state index contributed by atoms with van der Waals surface area (Å²) >= 11 is 1.46. The number of anilines is 1. The number of aryl methyl sites for hydroxylation is 1. The van der Waals surface area contributed by atoms with Crippen molar-refractivity contribution in [3.63, 3.8) is 0 Å². The molecule has 3 aromatic rings. The van der Waals surface area contributed by atoms with Gasteiger partial charge in [-0.25, -0.2) is 9.97 Å². The molecule has 3 aromatic heterocycles. The Hall–Kier alpha value is -2.21. The number of amides is 1. The highest BCUT2D eigenvalue weighted by Gasteiger charge is 2.11. The van der Waals surface area contributed by atoms with Gasteiger partial charge in [0.2, 0.25) is 5.91 Å². The number of pyridine rings is 1. The van der Waals surface area contributed by atoms with Crippen LogP contribution >= 0.6 is 11.3 Å². The maximum absolute atomic E-state index is 12.1. The Morgan fingerprint density at radius 3 is 2.95 bits per heavy atom. The summed E-state index contributed by atoms with van der Waals surface area (Å²) in [6.45, 7) is 6.19. The van der Waals surface area contributed by atoms with Gasteiger partial charge in [0.05, 0.1) is 17.8 Å². The van der Waals surface area contributed by atoms with Gasteiger partial charge < -0.3 is 9.72 Å². The molecule has 0 fully saturated rings. The van der Waals surface area contributed by atoms with Crippen LogP contribution in [-0.2, 0) is 11.2 Å². The Labute approximate surface area is 133 Å². The number of hydrogen-bond acceptors (Lipinski definition) is 4. The van der Waals surface area contributed by atoms with E-state index in [-0.39, 0.29) is 12.3 Å². The number of aromatic nitrogens is 3. The predicted molar refractivity (Wildman–Crippen MR) is 88.5 cm³/mol. The molecule has 0 unspecified atom stereocenters. The summed E-state index contributed by atoms with van der Waals surface area (Å²) in [5.41, 5.74) is 3.77. The zero-order valence-electron chi connectivity index (χ0n) is 12.8. The van der Waals surface area contributed by atoms with Crippen molar-refractivity contribution in [1.82, 2.24) is 14.4 Å². The van der Waals surface area contributed by atoms with E-state index in [4.69, 9.17) is 0 Å². The lowest BCUT2D eigenvalue weighted by Gasteiger charge is -2.00. The van der Waals surface area contributed by atoms with Crippen molar-refractivity contribution in [1.29, 1.82) is 0 Å². The number of nitrogens with one attached hydrogen (secondary N) is 1. The molecule has 0 spiro atoms. The highest BCUT2D eigenvalue weighted by Crippen LogP contribution is 2.21. The largest absolute Gasteiger partial charge is 0.307 e. The number of carbonyl (C=O) groups excluding carboxylic acids is 1. The van der Waals surface area contributed by atoms with Crippen molar-refractivity contribution in [3.05, 3.63) is 46.9 Å². The van der Waals surface area contributed by atoms with Crippen LogP contribution in [0.5, 0.6) is 0 Å². The van der Waals surface area contributed by atoms with Gasteiger partial charge in [0.15, 0.2) is 5.13 Å². The molecule has 3 rings (SSSR count). The molecule has 5 nitrogen and oxygen atoms in total.